The molecule has 0 aliphatic heterocycles. The largest absolute Gasteiger partial charge is 0.385 e. The van der Waals surface area contributed by atoms with Crippen LogP contribution in [0, 0.1) is 0 Å². The second kappa shape index (κ2) is 6.81. The first kappa shape index (κ1) is 12.5. The van der Waals surface area contributed by atoms with Gasteiger partial charge in [0.15, 0.2) is 0 Å². The zero-order valence-electron chi connectivity index (χ0n) is 9.09. The van der Waals surface area contributed by atoms with Crippen LogP contribution < -0.4 is 11.1 Å². The highest BCUT2D eigenvalue weighted by molar-refractivity contribution is 5.93. The Bertz CT molecular complexity index is 319. The first-order valence-electron chi connectivity index (χ1n) is 4.93. The van der Waals surface area contributed by atoms with Crippen LogP contribution in [-0.4, -0.2) is 40.8 Å². The molecule has 1 unspecified atom stereocenters. The van der Waals surface area contributed by atoms with Crippen molar-refractivity contribution in [3.05, 3.63) is 12.4 Å². The standard InChI is InChI=1S/C9H15N5O2/c1-16-6-2-3-7(10)8(15)13-9-11-4-5-12-14-9/h4-5,7H,2-3,6,10H2,1H3,(H,11,13,14,15). The fourth-order valence-electron chi connectivity index (χ4n) is 1.09. The lowest BCUT2D eigenvalue weighted by molar-refractivity contribution is -0.117. The minimum Gasteiger partial charge on any atom is -0.385 e. The van der Waals surface area contributed by atoms with E-state index in [0.717, 1.165) is 6.42 Å². The molecule has 0 aliphatic carbocycles. The molecular formula is C9H15N5O2. The number of hydrogen-bond acceptors (Lipinski definition) is 6. The van der Waals surface area contributed by atoms with Gasteiger partial charge in [0.2, 0.25) is 11.9 Å². The molecule has 0 aliphatic rings. The van der Waals surface area contributed by atoms with Gasteiger partial charge in [-0.15, -0.1) is 5.10 Å². The molecular weight excluding hydrogens is 210 g/mol. The number of methoxy groups -OCH3 is 1. The molecule has 0 radical (unpaired) electrons. The van der Waals surface area contributed by atoms with E-state index in [0.29, 0.717) is 13.0 Å². The molecule has 0 fully saturated rings. The summed E-state index contributed by atoms with van der Waals surface area (Å²) in [5.74, 6) is -0.154. The van der Waals surface area contributed by atoms with Crippen LogP contribution in [0.15, 0.2) is 12.4 Å². The highest BCUT2D eigenvalue weighted by Crippen LogP contribution is 1.99. The van der Waals surface area contributed by atoms with E-state index in [9.17, 15) is 4.79 Å². The number of hydrogen-bond donors (Lipinski definition) is 2. The molecule has 0 bridgehead atoms. The minimum absolute atomic E-state index is 0.162. The second-order valence-corrected chi connectivity index (χ2v) is 3.20. The highest BCUT2D eigenvalue weighted by Gasteiger charge is 2.13. The van der Waals surface area contributed by atoms with Crippen LogP contribution in [0.3, 0.4) is 0 Å². The summed E-state index contributed by atoms with van der Waals surface area (Å²) in [6.45, 7) is 0.588. The number of aromatic nitrogens is 3. The summed E-state index contributed by atoms with van der Waals surface area (Å²) < 4.78 is 4.87. The fraction of sp³-hybridized carbons (Fsp3) is 0.556. The molecule has 0 saturated heterocycles. The van der Waals surface area contributed by atoms with E-state index >= 15 is 0 Å². The van der Waals surface area contributed by atoms with Gasteiger partial charge in [-0.3, -0.25) is 10.1 Å². The van der Waals surface area contributed by atoms with E-state index in [2.05, 4.69) is 20.5 Å². The van der Waals surface area contributed by atoms with Gasteiger partial charge in [0.25, 0.3) is 0 Å². The molecule has 0 aromatic carbocycles. The Kier molecular flexibility index (Phi) is 5.30. The first-order chi connectivity index (χ1) is 7.74. The van der Waals surface area contributed by atoms with Gasteiger partial charge >= 0.3 is 0 Å². The third kappa shape index (κ3) is 4.28. The third-order valence-electron chi connectivity index (χ3n) is 1.92. The summed E-state index contributed by atoms with van der Waals surface area (Å²) >= 11 is 0. The number of ether oxygens (including phenoxy) is 1. The van der Waals surface area contributed by atoms with E-state index in [1.165, 1.54) is 12.4 Å². The van der Waals surface area contributed by atoms with Crippen LogP contribution in [0.1, 0.15) is 12.8 Å². The molecule has 1 atom stereocenters. The smallest absolute Gasteiger partial charge is 0.249 e. The third-order valence-corrected chi connectivity index (χ3v) is 1.92. The zero-order chi connectivity index (χ0) is 11.8. The van der Waals surface area contributed by atoms with Crippen LogP contribution in [0.2, 0.25) is 0 Å². The molecule has 16 heavy (non-hydrogen) atoms. The predicted molar refractivity (Wildman–Crippen MR) is 57.5 cm³/mol. The molecule has 3 N–H and O–H groups in total. The van der Waals surface area contributed by atoms with Crippen LogP contribution in [0.4, 0.5) is 5.95 Å². The Balaban J connectivity index is 2.34. The van der Waals surface area contributed by atoms with Crippen LogP contribution in [-0.2, 0) is 9.53 Å². The molecule has 1 heterocycles. The van der Waals surface area contributed by atoms with Gasteiger partial charge in [-0.2, -0.15) is 5.10 Å². The normalized spacial score (nSPS) is 12.1. The van der Waals surface area contributed by atoms with Gasteiger partial charge < -0.3 is 10.5 Å². The molecule has 7 nitrogen and oxygen atoms in total. The van der Waals surface area contributed by atoms with Crippen molar-refractivity contribution in [2.45, 2.75) is 18.9 Å². The fourth-order valence-corrected chi connectivity index (χ4v) is 1.09. The van der Waals surface area contributed by atoms with Crippen LogP contribution in [0.5, 0.6) is 0 Å². The number of nitrogens with two attached hydrogens (primary N) is 1. The number of nitrogens with one attached hydrogen (secondary N) is 1. The van der Waals surface area contributed by atoms with Crippen molar-refractivity contribution in [3.63, 3.8) is 0 Å². The van der Waals surface area contributed by atoms with Gasteiger partial charge in [0, 0.05) is 13.7 Å². The van der Waals surface area contributed by atoms with Crippen molar-refractivity contribution in [2.24, 2.45) is 5.73 Å². The van der Waals surface area contributed by atoms with E-state index in [4.69, 9.17) is 10.5 Å². The van der Waals surface area contributed by atoms with Gasteiger partial charge in [-0.05, 0) is 12.8 Å². The van der Waals surface area contributed by atoms with Crippen molar-refractivity contribution in [1.29, 1.82) is 0 Å². The maximum Gasteiger partial charge on any atom is 0.249 e. The topological polar surface area (TPSA) is 103 Å². The van der Waals surface area contributed by atoms with Crippen molar-refractivity contribution in [2.75, 3.05) is 19.0 Å². The average Bonchev–Trinajstić information content (AvgIpc) is 2.30. The number of amides is 1. The monoisotopic (exact) mass is 225 g/mol. The van der Waals surface area contributed by atoms with Crippen molar-refractivity contribution in [1.82, 2.24) is 15.2 Å². The van der Waals surface area contributed by atoms with Gasteiger partial charge in [0.05, 0.1) is 18.4 Å². The van der Waals surface area contributed by atoms with Gasteiger partial charge in [-0.1, -0.05) is 0 Å². The maximum atomic E-state index is 11.5. The van der Waals surface area contributed by atoms with Crippen molar-refractivity contribution in [3.8, 4) is 0 Å². The van der Waals surface area contributed by atoms with Crippen molar-refractivity contribution >= 4 is 11.9 Å². The lowest BCUT2D eigenvalue weighted by Crippen LogP contribution is -2.36. The molecule has 0 saturated carbocycles. The summed E-state index contributed by atoms with van der Waals surface area (Å²) in [5, 5.41) is 9.69. The summed E-state index contributed by atoms with van der Waals surface area (Å²) in [7, 11) is 1.61. The Hall–Kier alpha value is -1.60. The SMILES string of the molecule is COCCCC(N)C(=O)Nc1nccnn1. The first-order valence-corrected chi connectivity index (χ1v) is 4.93. The Morgan fingerprint density at radius 2 is 2.44 bits per heavy atom. The molecule has 1 amide bonds. The highest BCUT2D eigenvalue weighted by atomic mass is 16.5. The molecule has 7 heteroatoms. The number of carbonyl (C=O) groups excluding carboxylic acids is 1. The van der Waals surface area contributed by atoms with Crippen LogP contribution >= 0.6 is 0 Å². The lowest BCUT2D eigenvalue weighted by Gasteiger charge is -2.10. The maximum absolute atomic E-state index is 11.5. The van der Waals surface area contributed by atoms with Gasteiger partial charge in [-0.25, -0.2) is 4.98 Å². The quantitative estimate of drug-likeness (QED) is 0.636. The van der Waals surface area contributed by atoms with Crippen LogP contribution in [0.25, 0.3) is 0 Å². The molecule has 1 aromatic heterocycles. The molecule has 1 rings (SSSR count). The lowest BCUT2D eigenvalue weighted by atomic mass is 10.1. The minimum atomic E-state index is -0.584. The zero-order valence-corrected chi connectivity index (χ0v) is 9.09. The number of nitrogens with zero attached hydrogens (tertiary/aromatic N) is 3. The summed E-state index contributed by atoms with van der Waals surface area (Å²) in [6.07, 6.45) is 4.16. The molecule has 1 aromatic rings. The van der Waals surface area contributed by atoms with E-state index in [-0.39, 0.29) is 11.9 Å². The number of carbonyl (C=O) groups is 1. The number of rotatable bonds is 6. The Morgan fingerprint density at radius 1 is 1.62 bits per heavy atom. The van der Waals surface area contributed by atoms with E-state index in [1.54, 1.807) is 7.11 Å². The van der Waals surface area contributed by atoms with E-state index in [1.807, 2.05) is 0 Å². The average molecular weight is 225 g/mol. The summed E-state index contributed by atoms with van der Waals surface area (Å²) in [5.41, 5.74) is 5.66. The summed E-state index contributed by atoms with van der Waals surface area (Å²) in [4.78, 5) is 15.3. The molecule has 0 spiro atoms. The van der Waals surface area contributed by atoms with E-state index < -0.39 is 6.04 Å². The Morgan fingerprint density at radius 3 is 3.06 bits per heavy atom. The molecule has 88 valence electrons. The summed E-state index contributed by atoms with van der Waals surface area (Å²) in [6, 6.07) is -0.584. The number of anilines is 1. The second-order valence-electron chi connectivity index (χ2n) is 3.20. The van der Waals surface area contributed by atoms with Gasteiger partial charge in [0.1, 0.15) is 0 Å². The van der Waals surface area contributed by atoms with Crippen molar-refractivity contribution < 1.29 is 9.53 Å². The Labute approximate surface area is 93.4 Å². The predicted octanol–water partition coefficient (Wildman–Crippen LogP) is -0.436.